The van der Waals surface area contributed by atoms with Gasteiger partial charge in [-0.1, -0.05) is 11.6 Å². The molecule has 0 aliphatic rings. The van der Waals surface area contributed by atoms with Gasteiger partial charge in [0.05, 0.1) is 45.8 Å². The number of allylic oxidation sites excluding steroid dienone is 2. The molecule has 218 valence electrons. The molecule has 0 spiro atoms. The molecular weight excluding hydrogens is 546 g/mol. The van der Waals surface area contributed by atoms with Crippen molar-refractivity contribution in [2.45, 2.75) is 13.3 Å². The second-order valence-electron chi connectivity index (χ2n) is 8.64. The first-order valence-corrected chi connectivity index (χ1v) is 13.1. The second-order valence-corrected chi connectivity index (χ2v) is 9.05. The molecule has 0 N–H and O–H groups in total. The summed E-state index contributed by atoms with van der Waals surface area (Å²) in [7, 11) is 10.1. The van der Waals surface area contributed by atoms with E-state index < -0.39 is 0 Å². The highest BCUT2D eigenvalue weighted by atomic mass is 35.5. The second kappa shape index (κ2) is 16.7. The van der Waals surface area contributed by atoms with Gasteiger partial charge >= 0.3 is 0 Å². The smallest absolute Gasteiger partial charge is 0.204 e. The molecule has 3 rings (SSSR count). The zero-order valence-corrected chi connectivity index (χ0v) is 25.2. The topological polar surface area (TPSA) is 83.5 Å². The highest BCUT2D eigenvalue weighted by molar-refractivity contribution is 6.47. The van der Waals surface area contributed by atoms with Crippen LogP contribution < -0.4 is 28.6 Å². The van der Waals surface area contributed by atoms with Crippen molar-refractivity contribution in [3.05, 3.63) is 82.4 Å². The van der Waals surface area contributed by atoms with E-state index in [2.05, 4.69) is 0 Å². The molecule has 0 radical (unpaired) electrons. The van der Waals surface area contributed by atoms with Crippen LogP contribution in [0.4, 0.5) is 5.69 Å². The number of hydrogen-bond donors (Lipinski definition) is 0. The Labute approximate surface area is 246 Å². The van der Waals surface area contributed by atoms with E-state index in [4.69, 9.17) is 35.3 Å². The lowest BCUT2D eigenvalue weighted by Gasteiger charge is -2.18. The molecule has 0 aromatic heterocycles. The monoisotopic (exact) mass is 581 g/mol. The molecule has 41 heavy (non-hydrogen) atoms. The maximum absolute atomic E-state index is 12.8. The summed E-state index contributed by atoms with van der Waals surface area (Å²) in [6, 6.07) is 16.0. The number of carbonyl (C=O) groups is 1. The van der Waals surface area contributed by atoms with Gasteiger partial charge in [-0.15, -0.1) is 0 Å². The average Bonchev–Trinajstić information content (AvgIpc) is 2.99. The summed E-state index contributed by atoms with van der Waals surface area (Å²) in [5.41, 5.74) is 2.86. The highest BCUT2D eigenvalue weighted by Gasteiger charge is 2.16. The Kier molecular flexibility index (Phi) is 13.3. The van der Waals surface area contributed by atoms with E-state index >= 15 is 0 Å². The number of hydrogen-bond acceptors (Lipinski definition) is 8. The average molecular weight is 582 g/mol. The van der Waals surface area contributed by atoms with Crippen molar-refractivity contribution in [2.24, 2.45) is 0 Å². The number of Topliss-reactive ketones (excluding diaryl/α,β-unsaturated/α-hetero) is 1. The molecule has 0 fully saturated rings. The summed E-state index contributed by atoms with van der Waals surface area (Å²) in [6.07, 6.45) is 3.50. The Morgan fingerprint density at radius 2 is 1.46 bits per heavy atom. The number of anilines is 1. The van der Waals surface area contributed by atoms with Crippen molar-refractivity contribution in [3.63, 3.8) is 0 Å². The number of nitrogens with zero attached hydrogens (tertiary/aromatic N) is 1. The molecule has 0 saturated carbocycles. The van der Waals surface area contributed by atoms with E-state index in [1.807, 2.05) is 44.1 Å². The van der Waals surface area contributed by atoms with Gasteiger partial charge in [0.25, 0.3) is 0 Å². The number of methoxy groups -OCH3 is 4. The Balaban J connectivity index is 0.000000353. The van der Waals surface area contributed by atoms with Gasteiger partial charge in [-0.25, -0.2) is 4.79 Å². The van der Waals surface area contributed by atoms with Crippen molar-refractivity contribution in [1.29, 1.82) is 0 Å². The van der Waals surface area contributed by atoms with Crippen LogP contribution in [0.25, 0.3) is 6.08 Å². The van der Waals surface area contributed by atoms with Crippen molar-refractivity contribution in [3.8, 4) is 28.7 Å². The number of ether oxygens (including phenoxy) is 5. The van der Waals surface area contributed by atoms with Crippen molar-refractivity contribution in [2.75, 3.05) is 54.0 Å². The molecule has 9 heteroatoms. The molecule has 3 aromatic carbocycles. The number of carbonyl (C=O) groups excluding carboxylic acids is 2. The van der Waals surface area contributed by atoms with E-state index in [0.29, 0.717) is 41.4 Å². The van der Waals surface area contributed by atoms with Gasteiger partial charge in [0.2, 0.25) is 5.78 Å². The standard InChI is InChI=1S/C21H24ClNO4.C11H12O3/c1-6-27-20-9-7-14(13-18(20)23(2)3)21(24)17(22)12-15-11-16(25-4)8-10-19(15)26-5;1-13-10-5-6-11(14-2)9(8-10)4-3-7-12/h7-13H,6H2,1-5H3;3,5-6,8H,4H2,1-2H3/b17-12+;. The first-order valence-electron chi connectivity index (χ1n) is 12.7. The molecule has 0 aliphatic heterocycles. The lowest BCUT2D eigenvalue weighted by Crippen LogP contribution is -2.12. The number of ketones is 1. The fourth-order valence-electron chi connectivity index (χ4n) is 3.77. The van der Waals surface area contributed by atoms with Crippen LogP contribution in [0.15, 0.2) is 65.7 Å². The van der Waals surface area contributed by atoms with Crippen molar-refractivity contribution >= 4 is 35.1 Å². The third-order valence-electron chi connectivity index (χ3n) is 5.83. The van der Waals surface area contributed by atoms with E-state index in [1.165, 1.54) is 6.08 Å². The van der Waals surface area contributed by atoms with Crippen LogP contribution in [-0.2, 0) is 11.2 Å². The van der Waals surface area contributed by atoms with Crippen LogP contribution >= 0.6 is 11.6 Å². The maximum atomic E-state index is 12.8. The van der Waals surface area contributed by atoms with Crippen LogP contribution in [0.2, 0.25) is 0 Å². The zero-order chi connectivity index (χ0) is 30.4. The molecule has 0 unspecified atom stereocenters. The first kappa shape index (κ1) is 32.8. The Morgan fingerprint density at radius 1 is 0.854 bits per heavy atom. The lowest BCUT2D eigenvalue weighted by atomic mass is 10.1. The lowest BCUT2D eigenvalue weighted by molar-refractivity contribution is 0.104. The molecule has 0 bridgehead atoms. The van der Waals surface area contributed by atoms with E-state index in [-0.39, 0.29) is 10.8 Å². The summed E-state index contributed by atoms with van der Waals surface area (Å²) < 4.78 is 26.4. The molecule has 0 amide bonds. The molecule has 0 saturated heterocycles. The van der Waals surface area contributed by atoms with Crippen LogP contribution in [0.1, 0.15) is 28.4 Å². The molecule has 0 atom stereocenters. The zero-order valence-electron chi connectivity index (χ0n) is 24.4. The molecular formula is C32H36ClNO7. The van der Waals surface area contributed by atoms with Crippen molar-refractivity contribution < 1.29 is 33.3 Å². The number of halogens is 1. The summed E-state index contributed by atoms with van der Waals surface area (Å²) >= 11 is 6.33. The summed E-state index contributed by atoms with van der Waals surface area (Å²) in [5.74, 6) is 4.91. The third-order valence-corrected chi connectivity index (χ3v) is 6.11. The van der Waals surface area contributed by atoms with E-state index in [0.717, 1.165) is 22.7 Å². The van der Waals surface area contributed by atoms with Gasteiger partial charge in [0.15, 0.2) is 0 Å². The largest absolute Gasteiger partial charge is 0.497 e. The van der Waals surface area contributed by atoms with Crippen molar-refractivity contribution in [1.82, 2.24) is 0 Å². The summed E-state index contributed by atoms with van der Waals surface area (Å²) in [6.45, 7) is 2.46. The van der Waals surface area contributed by atoms with Crippen LogP contribution in [0.3, 0.4) is 0 Å². The highest BCUT2D eigenvalue weighted by Crippen LogP contribution is 2.31. The summed E-state index contributed by atoms with van der Waals surface area (Å²) in [5, 5.41) is 0.0791. The third kappa shape index (κ3) is 9.34. The minimum Gasteiger partial charge on any atom is -0.497 e. The van der Waals surface area contributed by atoms with Crippen LogP contribution in [0, 0.1) is 0 Å². The van der Waals surface area contributed by atoms with Gasteiger partial charge in [0.1, 0.15) is 34.7 Å². The SMILES string of the molecule is CCOc1ccc(C(=O)/C(Cl)=C\c2cc(OC)ccc2OC)cc1N(C)C.COc1ccc(OC)c(CC=C=O)c1. The maximum Gasteiger partial charge on any atom is 0.204 e. The molecule has 3 aromatic rings. The van der Waals surface area contributed by atoms with Gasteiger partial charge in [-0.2, -0.15) is 0 Å². The minimum atomic E-state index is -0.285. The first-order chi connectivity index (χ1) is 19.7. The predicted octanol–water partition coefficient (Wildman–Crippen LogP) is 6.27. The quantitative estimate of drug-likeness (QED) is 0.141. The number of rotatable bonds is 12. The van der Waals surface area contributed by atoms with Gasteiger partial charge in [0, 0.05) is 43.3 Å². The van der Waals surface area contributed by atoms with Gasteiger partial charge < -0.3 is 28.6 Å². The fourth-order valence-corrected chi connectivity index (χ4v) is 4.00. The normalized spacial score (nSPS) is 10.4. The summed E-state index contributed by atoms with van der Waals surface area (Å²) in [4.78, 5) is 24.8. The Morgan fingerprint density at radius 3 is 2.02 bits per heavy atom. The fraction of sp³-hybridized carbons (Fsp3) is 0.281. The Bertz CT molecular complexity index is 1390. The van der Waals surface area contributed by atoms with Gasteiger partial charge in [-0.3, -0.25) is 4.79 Å². The van der Waals surface area contributed by atoms with Crippen LogP contribution in [-0.4, -0.2) is 60.9 Å². The van der Waals surface area contributed by atoms with E-state index in [9.17, 15) is 9.59 Å². The Hall–Kier alpha value is -4.39. The molecule has 0 heterocycles. The van der Waals surface area contributed by atoms with Crippen LogP contribution in [0.5, 0.6) is 28.7 Å². The minimum absolute atomic E-state index is 0.0791. The molecule has 0 aliphatic carbocycles. The van der Waals surface area contributed by atoms with Gasteiger partial charge in [-0.05, 0) is 67.6 Å². The molecule has 8 nitrogen and oxygen atoms in total. The number of benzene rings is 3. The predicted molar refractivity (Wildman–Crippen MR) is 163 cm³/mol. The van der Waals surface area contributed by atoms with E-state index in [1.54, 1.807) is 76.9 Å².